The van der Waals surface area contributed by atoms with Gasteiger partial charge < -0.3 is 0 Å². The van der Waals surface area contributed by atoms with Crippen LogP contribution in [0.15, 0.2) is 36.4 Å². The summed E-state index contributed by atoms with van der Waals surface area (Å²) in [5.74, 6) is 0.193. The van der Waals surface area contributed by atoms with Crippen molar-refractivity contribution >= 4 is 5.78 Å². The average Bonchev–Trinajstić information content (AvgIpc) is 2.18. The molecule has 1 nitrogen and oxygen atoms in total. The van der Waals surface area contributed by atoms with Crippen molar-refractivity contribution in [3.8, 4) is 0 Å². The van der Waals surface area contributed by atoms with Gasteiger partial charge in [-0.25, -0.2) is 0 Å². The van der Waals surface area contributed by atoms with E-state index in [0.29, 0.717) is 6.42 Å². The topological polar surface area (TPSA) is 17.1 Å². The minimum Gasteiger partial charge on any atom is -0.294 e. The molecule has 0 aromatic heterocycles. The molecule has 0 amide bonds. The second-order valence-electron chi connectivity index (χ2n) is 3.38. The Balaban J connectivity index is 2.65. The van der Waals surface area contributed by atoms with E-state index in [1.807, 2.05) is 43.3 Å². The first kappa shape index (κ1) is 10.7. The highest BCUT2D eigenvalue weighted by Crippen LogP contribution is 2.07. The van der Waals surface area contributed by atoms with Crippen molar-refractivity contribution in [2.75, 3.05) is 0 Å². The third-order valence-corrected chi connectivity index (χ3v) is 2.05. The Kier molecular flexibility index (Phi) is 4.11. The molecule has 0 atom stereocenters. The molecule has 0 spiro atoms. The third kappa shape index (κ3) is 3.17. The molecule has 0 unspecified atom stereocenters. The summed E-state index contributed by atoms with van der Waals surface area (Å²) in [6.45, 7) is 4.06. The van der Waals surface area contributed by atoms with Crippen LogP contribution in [0.5, 0.6) is 0 Å². The third-order valence-electron chi connectivity index (χ3n) is 2.05. The van der Waals surface area contributed by atoms with Crippen LogP contribution >= 0.6 is 0 Å². The van der Waals surface area contributed by atoms with Crippen LogP contribution in [0.1, 0.15) is 35.7 Å². The highest BCUT2D eigenvalue weighted by molar-refractivity contribution is 5.97. The normalized spacial score (nSPS) is 10.7. The van der Waals surface area contributed by atoms with Gasteiger partial charge >= 0.3 is 0 Å². The van der Waals surface area contributed by atoms with Crippen LogP contribution < -0.4 is 0 Å². The van der Waals surface area contributed by atoms with Gasteiger partial charge in [-0.15, -0.1) is 0 Å². The first-order valence-electron chi connectivity index (χ1n) is 4.99. The number of benzene rings is 1. The SMILES string of the molecule is CC/C=C\CC(=O)c1cccc(C)c1. The van der Waals surface area contributed by atoms with Crippen molar-refractivity contribution in [2.45, 2.75) is 26.7 Å². The quantitative estimate of drug-likeness (QED) is 0.521. The van der Waals surface area contributed by atoms with Crippen molar-refractivity contribution < 1.29 is 4.79 Å². The van der Waals surface area contributed by atoms with Crippen molar-refractivity contribution in [2.24, 2.45) is 0 Å². The fourth-order valence-corrected chi connectivity index (χ4v) is 1.29. The van der Waals surface area contributed by atoms with Gasteiger partial charge in [0.25, 0.3) is 0 Å². The lowest BCUT2D eigenvalue weighted by molar-refractivity contribution is 0.0995. The summed E-state index contributed by atoms with van der Waals surface area (Å²) >= 11 is 0. The number of carbonyl (C=O) groups is 1. The van der Waals surface area contributed by atoms with Crippen LogP contribution in [0, 0.1) is 6.92 Å². The molecular formula is C13H16O. The summed E-state index contributed by atoms with van der Waals surface area (Å²) in [6, 6.07) is 7.72. The maximum absolute atomic E-state index is 11.6. The summed E-state index contributed by atoms with van der Waals surface area (Å²) in [7, 11) is 0. The number of aryl methyl sites for hydroxylation is 1. The van der Waals surface area contributed by atoms with Gasteiger partial charge in [0, 0.05) is 12.0 Å². The molecule has 0 aliphatic heterocycles. The molecule has 1 aromatic carbocycles. The maximum atomic E-state index is 11.6. The van der Waals surface area contributed by atoms with Crippen LogP contribution in [0.25, 0.3) is 0 Å². The largest absolute Gasteiger partial charge is 0.294 e. The van der Waals surface area contributed by atoms with E-state index in [4.69, 9.17) is 0 Å². The lowest BCUT2D eigenvalue weighted by atomic mass is 10.1. The monoisotopic (exact) mass is 188 g/mol. The smallest absolute Gasteiger partial charge is 0.166 e. The van der Waals surface area contributed by atoms with Crippen molar-refractivity contribution in [3.63, 3.8) is 0 Å². The van der Waals surface area contributed by atoms with Crippen molar-refractivity contribution in [1.82, 2.24) is 0 Å². The fourth-order valence-electron chi connectivity index (χ4n) is 1.29. The molecule has 14 heavy (non-hydrogen) atoms. The molecular weight excluding hydrogens is 172 g/mol. The summed E-state index contributed by atoms with van der Waals surface area (Å²) in [6.07, 6.45) is 5.46. The molecule has 0 saturated heterocycles. The number of Topliss-reactive ketones (excluding diaryl/α,β-unsaturated/α-hetero) is 1. The Hall–Kier alpha value is -1.37. The Bertz CT molecular complexity index is 337. The molecule has 1 rings (SSSR count). The van der Waals surface area contributed by atoms with E-state index in [1.165, 1.54) is 0 Å². The molecule has 1 heteroatoms. The van der Waals surface area contributed by atoms with E-state index in [9.17, 15) is 4.79 Å². The molecule has 0 aliphatic rings. The number of ketones is 1. The minimum atomic E-state index is 0.193. The van der Waals surface area contributed by atoms with E-state index in [2.05, 4.69) is 6.92 Å². The van der Waals surface area contributed by atoms with Gasteiger partial charge in [-0.3, -0.25) is 4.79 Å². The number of carbonyl (C=O) groups excluding carboxylic acids is 1. The van der Waals surface area contributed by atoms with Gasteiger partial charge in [-0.1, -0.05) is 42.8 Å². The van der Waals surface area contributed by atoms with E-state index < -0.39 is 0 Å². The number of hydrogen-bond donors (Lipinski definition) is 0. The fraction of sp³-hybridized carbons (Fsp3) is 0.308. The second kappa shape index (κ2) is 5.38. The van der Waals surface area contributed by atoms with E-state index >= 15 is 0 Å². The highest BCUT2D eigenvalue weighted by Gasteiger charge is 2.02. The van der Waals surface area contributed by atoms with Crippen LogP contribution in [-0.2, 0) is 0 Å². The molecule has 0 bridgehead atoms. The molecule has 0 radical (unpaired) electrons. The molecule has 0 N–H and O–H groups in total. The number of rotatable bonds is 4. The molecule has 1 aromatic rings. The Morgan fingerprint density at radius 1 is 1.36 bits per heavy atom. The second-order valence-corrected chi connectivity index (χ2v) is 3.38. The highest BCUT2D eigenvalue weighted by atomic mass is 16.1. The Morgan fingerprint density at radius 3 is 2.79 bits per heavy atom. The van der Waals surface area contributed by atoms with Gasteiger partial charge in [0.2, 0.25) is 0 Å². The molecule has 0 heterocycles. The van der Waals surface area contributed by atoms with Gasteiger partial charge in [0.15, 0.2) is 5.78 Å². The lowest BCUT2D eigenvalue weighted by Gasteiger charge is -1.98. The van der Waals surface area contributed by atoms with Gasteiger partial charge in [0.1, 0.15) is 0 Å². The molecule has 0 aliphatic carbocycles. The zero-order chi connectivity index (χ0) is 10.4. The zero-order valence-electron chi connectivity index (χ0n) is 8.79. The summed E-state index contributed by atoms with van der Waals surface area (Å²) < 4.78 is 0. The van der Waals surface area contributed by atoms with Gasteiger partial charge in [-0.05, 0) is 19.4 Å². The molecule has 74 valence electrons. The standard InChI is InChI=1S/C13H16O/c1-3-4-5-9-13(14)12-8-6-7-11(2)10-12/h4-8,10H,3,9H2,1-2H3/b5-4-. The first-order valence-corrected chi connectivity index (χ1v) is 4.99. The number of hydrogen-bond acceptors (Lipinski definition) is 1. The van der Waals surface area contributed by atoms with E-state index in [1.54, 1.807) is 0 Å². The van der Waals surface area contributed by atoms with Crippen LogP contribution in [0.3, 0.4) is 0 Å². The zero-order valence-corrected chi connectivity index (χ0v) is 8.79. The minimum absolute atomic E-state index is 0.193. The lowest BCUT2D eigenvalue weighted by Crippen LogP contribution is -1.96. The van der Waals surface area contributed by atoms with Crippen LogP contribution in [0.2, 0.25) is 0 Å². The van der Waals surface area contributed by atoms with Crippen molar-refractivity contribution in [3.05, 3.63) is 47.5 Å². The number of allylic oxidation sites excluding steroid dienone is 2. The Labute approximate surface area is 85.5 Å². The molecule has 0 fully saturated rings. The average molecular weight is 188 g/mol. The van der Waals surface area contributed by atoms with E-state index in [0.717, 1.165) is 17.5 Å². The predicted molar refractivity (Wildman–Crippen MR) is 59.6 cm³/mol. The summed E-state index contributed by atoms with van der Waals surface area (Å²) in [5.41, 5.74) is 1.95. The maximum Gasteiger partial charge on any atom is 0.166 e. The van der Waals surface area contributed by atoms with Crippen LogP contribution in [0.4, 0.5) is 0 Å². The molecule has 0 saturated carbocycles. The first-order chi connectivity index (χ1) is 6.74. The van der Waals surface area contributed by atoms with Gasteiger partial charge in [0.05, 0.1) is 0 Å². The predicted octanol–water partition coefficient (Wildman–Crippen LogP) is 3.53. The Morgan fingerprint density at radius 2 is 2.14 bits per heavy atom. The van der Waals surface area contributed by atoms with Crippen LogP contribution in [-0.4, -0.2) is 5.78 Å². The van der Waals surface area contributed by atoms with E-state index in [-0.39, 0.29) is 5.78 Å². The summed E-state index contributed by atoms with van der Waals surface area (Å²) in [4.78, 5) is 11.6. The summed E-state index contributed by atoms with van der Waals surface area (Å²) in [5, 5.41) is 0. The van der Waals surface area contributed by atoms with Gasteiger partial charge in [-0.2, -0.15) is 0 Å². The van der Waals surface area contributed by atoms with Crippen molar-refractivity contribution in [1.29, 1.82) is 0 Å².